The van der Waals surface area contributed by atoms with Crippen LogP contribution in [0.5, 0.6) is 0 Å². The van der Waals surface area contributed by atoms with Crippen LogP contribution in [-0.4, -0.2) is 58.5 Å². The number of carbonyl (C=O) groups is 2. The van der Waals surface area contributed by atoms with E-state index in [0.717, 1.165) is 58.2 Å². The van der Waals surface area contributed by atoms with Gasteiger partial charge in [0.25, 0.3) is 0 Å². The van der Waals surface area contributed by atoms with Gasteiger partial charge in [0.2, 0.25) is 5.91 Å². The summed E-state index contributed by atoms with van der Waals surface area (Å²) in [7, 11) is 0. The lowest BCUT2D eigenvalue weighted by molar-refractivity contribution is -0.143. The second-order valence-corrected chi connectivity index (χ2v) is 8.46. The number of rotatable bonds is 7. The molecule has 2 heterocycles. The average molecular weight is 387 g/mol. The third-order valence-corrected chi connectivity index (χ3v) is 6.52. The largest absolute Gasteiger partial charge is 0.481 e. The van der Waals surface area contributed by atoms with Crippen molar-refractivity contribution in [1.82, 2.24) is 9.80 Å². The molecule has 28 heavy (non-hydrogen) atoms. The Balaban J connectivity index is 1.51. The molecule has 0 radical (unpaired) electrons. The van der Waals surface area contributed by atoms with Crippen molar-refractivity contribution in [2.45, 2.75) is 70.4 Å². The highest BCUT2D eigenvalue weighted by Gasteiger charge is 2.33. The Morgan fingerprint density at radius 2 is 1.79 bits per heavy atom. The molecule has 2 aliphatic rings. The maximum Gasteiger partial charge on any atom is 0.303 e. The maximum absolute atomic E-state index is 13.2. The minimum absolute atomic E-state index is 0.0930. The number of carbonyl (C=O) groups excluding carboxylic acids is 1. The molecule has 1 amide bonds. The molecule has 0 spiro atoms. The second kappa shape index (κ2) is 10.1. The normalized spacial score (nSPS) is 22.8. The van der Waals surface area contributed by atoms with Crippen molar-refractivity contribution < 1.29 is 14.7 Å². The zero-order valence-electron chi connectivity index (χ0n) is 17.1. The summed E-state index contributed by atoms with van der Waals surface area (Å²) in [5.74, 6) is 0.113. The fourth-order valence-electron chi connectivity index (χ4n) is 4.77. The molecule has 2 saturated heterocycles. The number of benzene rings is 1. The van der Waals surface area contributed by atoms with Crippen molar-refractivity contribution >= 4 is 11.9 Å². The highest BCUT2D eigenvalue weighted by atomic mass is 16.4. The van der Waals surface area contributed by atoms with Crippen molar-refractivity contribution in [2.75, 3.05) is 19.6 Å². The van der Waals surface area contributed by atoms with E-state index >= 15 is 0 Å². The Bertz CT molecular complexity index is 641. The Kier molecular flexibility index (Phi) is 7.49. The summed E-state index contributed by atoms with van der Waals surface area (Å²) >= 11 is 0. The van der Waals surface area contributed by atoms with Crippen LogP contribution in [0, 0.1) is 5.92 Å². The molecule has 3 rings (SSSR count). The molecule has 154 valence electrons. The van der Waals surface area contributed by atoms with E-state index in [1.165, 1.54) is 5.56 Å². The van der Waals surface area contributed by atoms with Crippen LogP contribution < -0.4 is 0 Å². The van der Waals surface area contributed by atoms with E-state index in [-0.39, 0.29) is 24.4 Å². The molecule has 5 heteroatoms. The number of carboxylic acid groups (broad SMARTS) is 1. The van der Waals surface area contributed by atoms with Gasteiger partial charge in [0.1, 0.15) is 0 Å². The van der Waals surface area contributed by atoms with Crippen molar-refractivity contribution in [3.8, 4) is 0 Å². The van der Waals surface area contributed by atoms with Crippen LogP contribution in [0.2, 0.25) is 0 Å². The third kappa shape index (κ3) is 5.57. The van der Waals surface area contributed by atoms with Gasteiger partial charge in [-0.2, -0.15) is 0 Å². The predicted octanol–water partition coefficient (Wildman–Crippen LogP) is 3.58. The van der Waals surface area contributed by atoms with E-state index in [4.69, 9.17) is 5.11 Å². The predicted molar refractivity (Wildman–Crippen MR) is 110 cm³/mol. The number of amides is 1. The monoisotopic (exact) mass is 386 g/mol. The molecule has 0 aromatic heterocycles. The molecular weight excluding hydrogens is 352 g/mol. The van der Waals surface area contributed by atoms with Crippen molar-refractivity contribution in [2.24, 2.45) is 5.92 Å². The fraction of sp³-hybridized carbons (Fsp3) is 0.652. The van der Waals surface area contributed by atoms with E-state index in [0.29, 0.717) is 12.3 Å². The standard InChI is InChI=1S/C23H34N2O3/c1-18(23(28)25-14-6-5-9-21(25)10-11-22(26)27)24-15-12-20(13-16-24)17-19-7-3-2-4-8-19/h2-4,7-8,18,20-21H,5-6,9-17H2,1H3,(H,26,27). The number of likely N-dealkylation sites (tertiary alicyclic amines) is 2. The fourth-order valence-corrected chi connectivity index (χ4v) is 4.77. The first kappa shape index (κ1) is 20.8. The molecule has 1 aromatic carbocycles. The summed E-state index contributed by atoms with van der Waals surface area (Å²) in [6.07, 6.45) is 7.17. The van der Waals surface area contributed by atoms with E-state index in [1.54, 1.807) is 0 Å². The highest BCUT2D eigenvalue weighted by molar-refractivity contribution is 5.82. The lowest BCUT2D eigenvalue weighted by atomic mass is 9.89. The summed E-state index contributed by atoms with van der Waals surface area (Å²) in [6.45, 7) is 4.75. The lowest BCUT2D eigenvalue weighted by Gasteiger charge is -2.41. The number of aliphatic carboxylic acids is 1. The van der Waals surface area contributed by atoms with Gasteiger partial charge in [0.15, 0.2) is 0 Å². The summed E-state index contributed by atoms with van der Waals surface area (Å²) < 4.78 is 0. The Morgan fingerprint density at radius 1 is 1.07 bits per heavy atom. The molecule has 2 fully saturated rings. The maximum atomic E-state index is 13.2. The van der Waals surface area contributed by atoms with E-state index in [2.05, 4.69) is 35.2 Å². The second-order valence-electron chi connectivity index (χ2n) is 8.46. The van der Waals surface area contributed by atoms with Crippen LogP contribution in [0.3, 0.4) is 0 Å². The van der Waals surface area contributed by atoms with E-state index < -0.39 is 5.97 Å². The van der Waals surface area contributed by atoms with Gasteiger partial charge in [-0.3, -0.25) is 14.5 Å². The van der Waals surface area contributed by atoms with Crippen LogP contribution in [-0.2, 0) is 16.0 Å². The average Bonchev–Trinajstić information content (AvgIpc) is 2.73. The van der Waals surface area contributed by atoms with Gasteiger partial charge in [0, 0.05) is 19.0 Å². The first-order valence-corrected chi connectivity index (χ1v) is 10.8. The molecule has 2 unspecified atom stereocenters. The Labute approximate surface area is 168 Å². The van der Waals surface area contributed by atoms with Crippen LogP contribution in [0.4, 0.5) is 0 Å². The smallest absolute Gasteiger partial charge is 0.303 e. The van der Waals surface area contributed by atoms with Gasteiger partial charge in [0.05, 0.1) is 6.04 Å². The Hall–Kier alpha value is -1.88. The van der Waals surface area contributed by atoms with Crippen LogP contribution >= 0.6 is 0 Å². The number of carboxylic acids is 1. The van der Waals surface area contributed by atoms with Gasteiger partial charge >= 0.3 is 5.97 Å². The van der Waals surface area contributed by atoms with Gasteiger partial charge in [-0.1, -0.05) is 30.3 Å². The highest BCUT2D eigenvalue weighted by Crippen LogP contribution is 2.26. The number of hydrogen-bond donors (Lipinski definition) is 1. The molecule has 1 N–H and O–H groups in total. The van der Waals surface area contributed by atoms with E-state index in [9.17, 15) is 9.59 Å². The molecule has 0 aliphatic carbocycles. The molecular formula is C23H34N2O3. The van der Waals surface area contributed by atoms with Gasteiger partial charge in [-0.25, -0.2) is 0 Å². The molecule has 5 nitrogen and oxygen atoms in total. The number of piperidine rings is 2. The third-order valence-electron chi connectivity index (χ3n) is 6.52. The zero-order valence-corrected chi connectivity index (χ0v) is 17.1. The van der Waals surface area contributed by atoms with Crippen molar-refractivity contribution in [3.05, 3.63) is 35.9 Å². The van der Waals surface area contributed by atoms with Crippen LogP contribution in [0.25, 0.3) is 0 Å². The molecule has 2 aliphatic heterocycles. The zero-order chi connectivity index (χ0) is 19.9. The summed E-state index contributed by atoms with van der Waals surface area (Å²) in [5.41, 5.74) is 1.40. The molecule has 0 saturated carbocycles. The number of nitrogens with zero attached hydrogens (tertiary/aromatic N) is 2. The van der Waals surface area contributed by atoms with Gasteiger partial charge in [-0.05, 0) is 76.4 Å². The molecule has 2 atom stereocenters. The van der Waals surface area contributed by atoms with Crippen LogP contribution in [0.1, 0.15) is 57.4 Å². The summed E-state index contributed by atoms with van der Waals surface area (Å²) in [6, 6.07) is 10.6. The molecule has 0 bridgehead atoms. The lowest BCUT2D eigenvalue weighted by Crippen LogP contribution is -2.53. The quantitative estimate of drug-likeness (QED) is 0.778. The van der Waals surface area contributed by atoms with Crippen molar-refractivity contribution in [3.63, 3.8) is 0 Å². The van der Waals surface area contributed by atoms with E-state index in [1.807, 2.05) is 11.8 Å². The SMILES string of the molecule is CC(C(=O)N1CCCCC1CCC(=O)O)N1CCC(Cc2ccccc2)CC1. The Morgan fingerprint density at radius 3 is 2.46 bits per heavy atom. The van der Waals surface area contributed by atoms with Gasteiger partial charge in [-0.15, -0.1) is 0 Å². The first-order valence-electron chi connectivity index (χ1n) is 10.8. The summed E-state index contributed by atoms with van der Waals surface area (Å²) in [4.78, 5) is 28.4. The molecule has 1 aromatic rings. The topological polar surface area (TPSA) is 60.9 Å². The van der Waals surface area contributed by atoms with Crippen LogP contribution in [0.15, 0.2) is 30.3 Å². The summed E-state index contributed by atoms with van der Waals surface area (Å²) in [5, 5.41) is 9.00. The minimum Gasteiger partial charge on any atom is -0.481 e. The first-order chi connectivity index (χ1) is 13.5. The van der Waals surface area contributed by atoms with Crippen molar-refractivity contribution in [1.29, 1.82) is 0 Å². The van der Waals surface area contributed by atoms with Gasteiger partial charge < -0.3 is 10.0 Å². The number of hydrogen-bond acceptors (Lipinski definition) is 3. The minimum atomic E-state index is -0.772.